The number of nitrogens with zero attached hydrogens (tertiary/aromatic N) is 3. The number of thiophene rings is 1. The van der Waals surface area contributed by atoms with Crippen LogP contribution in [0.3, 0.4) is 0 Å². The summed E-state index contributed by atoms with van der Waals surface area (Å²) < 4.78 is 4.91. The molecule has 208 valence electrons. The van der Waals surface area contributed by atoms with Gasteiger partial charge in [0.05, 0.1) is 16.7 Å². The minimum atomic E-state index is -0.223. The molecule has 1 unspecified atom stereocenters. The van der Waals surface area contributed by atoms with E-state index >= 15 is 0 Å². The van der Waals surface area contributed by atoms with Crippen molar-refractivity contribution in [1.29, 1.82) is 0 Å². The summed E-state index contributed by atoms with van der Waals surface area (Å²) in [6.45, 7) is 0. The Kier molecular flexibility index (Phi) is 5.71. The zero-order valence-corrected chi connectivity index (χ0v) is 24.5. The van der Waals surface area contributed by atoms with Crippen LogP contribution in [0.5, 0.6) is 0 Å². The molecule has 0 bridgehead atoms. The molecular formula is C39H26N4S. The summed E-state index contributed by atoms with van der Waals surface area (Å²) in [5, 5.41) is 8.61. The van der Waals surface area contributed by atoms with Gasteiger partial charge in [0.2, 0.25) is 0 Å². The lowest BCUT2D eigenvalue weighted by Gasteiger charge is -2.23. The maximum atomic E-state index is 5.10. The first-order chi connectivity index (χ1) is 21.8. The number of rotatable bonds is 4. The number of benzene rings is 6. The first-order valence-electron chi connectivity index (χ1n) is 14.8. The van der Waals surface area contributed by atoms with Gasteiger partial charge in [-0.3, -0.25) is 0 Å². The maximum absolute atomic E-state index is 5.10. The minimum absolute atomic E-state index is 0.223. The third-order valence-corrected chi connectivity index (χ3v) is 9.58. The van der Waals surface area contributed by atoms with Gasteiger partial charge in [0, 0.05) is 42.1 Å². The van der Waals surface area contributed by atoms with Crippen molar-refractivity contribution in [3.05, 3.63) is 162 Å². The van der Waals surface area contributed by atoms with Gasteiger partial charge in [-0.2, -0.15) is 0 Å². The van der Waals surface area contributed by atoms with Gasteiger partial charge >= 0.3 is 0 Å². The quantitative estimate of drug-likeness (QED) is 0.221. The van der Waals surface area contributed by atoms with Crippen molar-refractivity contribution < 1.29 is 0 Å². The Morgan fingerprint density at radius 3 is 2.00 bits per heavy atom. The predicted molar refractivity (Wildman–Crippen MR) is 186 cm³/mol. The molecule has 5 heteroatoms. The van der Waals surface area contributed by atoms with Gasteiger partial charge in [-0.15, -0.1) is 11.3 Å². The average Bonchev–Trinajstić information content (AvgIpc) is 3.64. The molecule has 0 saturated heterocycles. The molecule has 3 heterocycles. The van der Waals surface area contributed by atoms with Crippen molar-refractivity contribution in [2.75, 3.05) is 0 Å². The molecule has 0 fully saturated rings. The molecule has 1 N–H and O–H groups in total. The second-order valence-electron chi connectivity index (χ2n) is 11.1. The molecule has 8 aromatic rings. The zero-order chi connectivity index (χ0) is 29.0. The van der Waals surface area contributed by atoms with Crippen LogP contribution in [0.25, 0.3) is 47.7 Å². The number of hydrogen-bond donors (Lipinski definition) is 1. The van der Waals surface area contributed by atoms with E-state index in [1.54, 1.807) is 0 Å². The SMILES string of the molecule is c1ccc(C2=NC(c3ccc4c(c3)sc3cccc(-n5c6ccccc6c6ccccc65)c34)=NC(c3ccccc3)N2)cc1. The van der Waals surface area contributed by atoms with Crippen molar-refractivity contribution in [1.82, 2.24) is 9.88 Å². The Balaban J connectivity index is 1.23. The molecule has 9 rings (SSSR count). The van der Waals surface area contributed by atoms with Crippen LogP contribution in [0, 0.1) is 0 Å². The van der Waals surface area contributed by atoms with Gasteiger partial charge in [-0.1, -0.05) is 115 Å². The first-order valence-corrected chi connectivity index (χ1v) is 15.6. The number of nitrogens with one attached hydrogen (secondary N) is 1. The highest BCUT2D eigenvalue weighted by Gasteiger charge is 2.22. The number of hydrogen-bond acceptors (Lipinski definition) is 4. The van der Waals surface area contributed by atoms with Crippen molar-refractivity contribution in [3.8, 4) is 5.69 Å². The highest BCUT2D eigenvalue weighted by Crippen LogP contribution is 2.41. The highest BCUT2D eigenvalue weighted by molar-refractivity contribution is 7.26. The number of para-hydroxylation sites is 2. The molecule has 4 nitrogen and oxygen atoms in total. The first kappa shape index (κ1) is 25.0. The summed E-state index contributed by atoms with van der Waals surface area (Å²) >= 11 is 1.82. The second-order valence-corrected chi connectivity index (χ2v) is 12.2. The van der Waals surface area contributed by atoms with E-state index in [9.17, 15) is 0 Å². The molecule has 0 saturated carbocycles. The van der Waals surface area contributed by atoms with E-state index < -0.39 is 0 Å². The molecule has 1 aliphatic rings. The van der Waals surface area contributed by atoms with Gasteiger partial charge in [-0.25, -0.2) is 9.98 Å². The number of aliphatic imine (C=N–C) groups is 2. The summed E-state index contributed by atoms with van der Waals surface area (Å²) in [7, 11) is 0. The van der Waals surface area contributed by atoms with Crippen LogP contribution in [-0.2, 0) is 0 Å². The summed E-state index contributed by atoms with van der Waals surface area (Å²) in [6.07, 6.45) is -0.223. The Bertz CT molecular complexity index is 2360. The van der Waals surface area contributed by atoms with E-state index in [2.05, 4.69) is 131 Å². The number of amidine groups is 2. The van der Waals surface area contributed by atoms with Crippen LogP contribution in [0.1, 0.15) is 22.9 Å². The van der Waals surface area contributed by atoms with E-state index in [-0.39, 0.29) is 6.17 Å². The average molecular weight is 583 g/mol. The standard InChI is InChI=1S/C39H26N4S/c1-3-12-25(13-4-1)37-40-38(26-14-5-2-6-15-26)42-39(41-37)27-22-23-30-35(24-27)44-34-21-11-20-33(36(30)34)43-31-18-9-7-16-28(31)29-17-8-10-19-32(29)43/h1-24,37H,(H,40,41,42). The van der Waals surface area contributed by atoms with Crippen molar-refractivity contribution >= 4 is 65.0 Å². The highest BCUT2D eigenvalue weighted by atomic mass is 32.1. The molecule has 0 spiro atoms. The fraction of sp³-hybridized carbons (Fsp3) is 0.0256. The third kappa shape index (κ3) is 3.98. The lowest BCUT2D eigenvalue weighted by Crippen LogP contribution is -2.33. The molecular weight excluding hydrogens is 557 g/mol. The van der Waals surface area contributed by atoms with E-state index in [1.807, 2.05) is 35.6 Å². The molecule has 6 aromatic carbocycles. The molecule has 0 aliphatic carbocycles. The normalized spacial score (nSPS) is 15.0. The molecule has 1 aliphatic heterocycles. The summed E-state index contributed by atoms with van der Waals surface area (Å²) in [5.41, 5.74) is 6.79. The van der Waals surface area contributed by atoms with Crippen LogP contribution in [0.4, 0.5) is 0 Å². The fourth-order valence-electron chi connectivity index (χ4n) is 6.44. The van der Waals surface area contributed by atoms with Gasteiger partial charge in [0.1, 0.15) is 12.0 Å². The van der Waals surface area contributed by atoms with E-state index in [0.717, 1.165) is 28.4 Å². The van der Waals surface area contributed by atoms with Crippen LogP contribution < -0.4 is 5.32 Å². The maximum Gasteiger partial charge on any atom is 0.159 e. The monoisotopic (exact) mass is 582 g/mol. The Morgan fingerprint density at radius 1 is 0.568 bits per heavy atom. The lowest BCUT2D eigenvalue weighted by atomic mass is 10.1. The molecule has 0 amide bonds. The third-order valence-electron chi connectivity index (χ3n) is 8.46. The van der Waals surface area contributed by atoms with Crippen LogP contribution >= 0.6 is 11.3 Å². The van der Waals surface area contributed by atoms with Gasteiger partial charge in [-0.05, 0) is 35.9 Å². The van der Waals surface area contributed by atoms with Crippen LogP contribution in [-0.4, -0.2) is 16.2 Å². The van der Waals surface area contributed by atoms with E-state index in [0.29, 0.717) is 0 Å². The number of aromatic nitrogens is 1. The van der Waals surface area contributed by atoms with Crippen LogP contribution in [0.15, 0.2) is 156 Å². The van der Waals surface area contributed by atoms with Crippen LogP contribution in [0.2, 0.25) is 0 Å². The molecule has 0 radical (unpaired) electrons. The second kappa shape index (κ2) is 10.0. The molecule has 2 aromatic heterocycles. The van der Waals surface area contributed by atoms with Gasteiger partial charge in [0.25, 0.3) is 0 Å². The largest absolute Gasteiger partial charge is 0.344 e. The summed E-state index contributed by atoms with van der Waals surface area (Å²) in [4.78, 5) is 10.1. The Labute approximate surface area is 258 Å². The smallest absolute Gasteiger partial charge is 0.159 e. The molecule has 44 heavy (non-hydrogen) atoms. The predicted octanol–water partition coefficient (Wildman–Crippen LogP) is 9.65. The van der Waals surface area contributed by atoms with E-state index in [1.165, 1.54) is 47.7 Å². The Hall–Kier alpha value is -5.52. The van der Waals surface area contributed by atoms with Gasteiger partial charge < -0.3 is 9.88 Å². The summed E-state index contributed by atoms with van der Waals surface area (Å²) in [6, 6.07) is 51.4. The topological polar surface area (TPSA) is 41.7 Å². The lowest BCUT2D eigenvalue weighted by molar-refractivity contribution is 0.674. The molecule has 1 atom stereocenters. The van der Waals surface area contributed by atoms with Crippen molar-refractivity contribution in [3.63, 3.8) is 0 Å². The Morgan fingerprint density at radius 2 is 1.25 bits per heavy atom. The summed E-state index contributed by atoms with van der Waals surface area (Å²) in [5.74, 6) is 1.56. The minimum Gasteiger partial charge on any atom is -0.344 e. The van der Waals surface area contributed by atoms with Gasteiger partial charge in [0.15, 0.2) is 5.84 Å². The van der Waals surface area contributed by atoms with Crippen molar-refractivity contribution in [2.24, 2.45) is 9.98 Å². The van der Waals surface area contributed by atoms with E-state index in [4.69, 9.17) is 9.98 Å². The zero-order valence-electron chi connectivity index (χ0n) is 23.7. The fourth-order valence-corrected chi connectivity index (χ4v) is 7.61. The van der Waals surface area contributed by atoms with Crippen molar-refractivity contribution in [2.45, 2.75) is 6.17 Å². The number of fused-ring (bicyclic) bond motifs is 6.